The number of nitrogens with one attached hydrogen (secondary N) is 1. The van der Waals surface area contributed by atoms with Crippen LogP contribution in [0.15, 0.2) is 18.2 Å². The second kappa shape index (κ2) is 6.60. The van der Waals surface area contributed by atoms with Crippen LogP contribution in [0, 0.1) is 11.3 Å². The zero-order chi connectivity index (χ0) is 13.5. The van der Waals surface area contributed by atoms with E-state index in [4.69, 9.17) is 5.26 Å². The van der Waals surface area contributed by atoms with E-state index in [1.807, 2.05) is 19.9 Å². The van der Waals surface area contributed by atoms with E-state index in [0.717, 1.165) is 0 Å². The second-order valence-electron chi connectivity index (χ2n) is 3.90. The van der Waals surface area contributed by atoms with Crippen LogP contribution in [0.5, 0.6) is 0 Å². The predicted octanol–water partition coefficient (Wildman–Crippen LogP) is 1.62. The van der Waals surface area contributed by atoms with Gasteiger partial charge in [-0.2, -0.15) is 5.26 Å². The fourth-order valence-electron chi connectivity index (χ4n) is 1.67. The first-order chi connectivity index (χ1) is 8.62. The number of pyridine rings is 1. The van der Waals surface area contributed by atoms with Crippen molar-refractivity contribution in [2.75, 3.05) is 18.4 Å². The molecule has 1 amide bonds. The number of nitrogens with zero attached hydrogens (tertiary/aromatic N) is 3. The summed E-state index contributed by atoms with van der Waals surface area (Å²) in [5.41, 5.74) is 0.336. The van der Waals surface area contributed by atoms with Crippen LogP contribution in [0.2, 0.25) is 0 Å². The molecule has 1 atom stereocenters. The topological polar surface area (TPSA) is 69.0 Å². The molecule has 1 aromatic heterocycles. The van der Waals surface area contributed by atoms with Crippen LogP contribution in [0.25, 0.3) is 0 Å². The number of likely N-dealkylation sites (N-methyl/N-ethyl adjacent to an activating group) is 1. The van der Waals surface area contributed by atoms with E-state index < -0.39 is 0 Å². The van der Waals surface area contributed by atoms with Gasteiger partial charge in [-0.05, 0) is 32.9 Å². The maximum Gasteiger partial charge on any atom is 0.244 e. The first-order valence-electron chi connectivity index (χ1n) is 6.04. The van der Waals surface area contributed by atoms with E-state index in [1.165, 1.54) is 0 Å². The Hall–Kier alpha value is -2.09. The molecule has 1 aromatic rings. The van der Waals surface area contributed by atoms with Gasteiger partial charge in [-0.3, -0.25) is 4.79 Å². The lowest BCUT2D eigenvalue weighted by Crippen LogP contribution is -2.41. The molecule has 0 bridgehead atoms. The molecule has 1 heterocycles. The Morgan fingerprint density at radius 3 is 2.72 bits per heavy atom. The summed E-state index contributed by atoms with van der Waals surface area (Å²) in [6.07, 6.45) is 0. The number of amides is 1. The fourth-order valence-corrected chi connectivity index (χ4v) is 1.67. The van der Waals surface area contributed by atoms with Crippen LogP contribution in [0.3, 0.4) is 0 Å². The van der Waals surface area contributed by atoms with Crippen molar-refractivity contribution in [2.24, 2.45) is 0 Å². The molecule has 0 fully saturated rings. The number of hydrogen-bond acceptors (Lipinski definition) is 4. The zero-order valence-corrected chi connectivity index (χ0v) is 11.0. The summed E-state index contributed by atoms with van der Waals surface area (Å²) < 4.78 is 0. The van der Waals surface area contributed by atoms with Crippen LogP contribution >= 0.6 is 0 Å². The lowest BCUT2D eigenvalue weighted by atomic mass is 10.2. The van der Waals surface area contributed by atoms with Crippen LogP contribution in [0.4, 0.5) is 5.82 Å². The molecule has 5 heteroatoms. The highest BCUT2D eigenvalue weighted by atomic mass is 16.2. The Bertz CT molecular complexity index is 449. The highest BCUT2D eigenvalue weighted by molar-refractivity contribution is 5.84. The van der Waals surface area contributed by atoms with Crippen molar-refractivity contribution in [3.05, 3.63) is 23.9 Å². The van der Waals surface area contributed by atoms with E-state index in [2.05, 4.69) is 10.3 Å². The molecule has 1 N–H and O–H groups in total. The number of nitriles is 1. The molecule has 1 rings (SSSR count). The molecule has 18 heavy (non-hydrogen) atoms. The fraction of sp³-hybridized carbons (Fsp3) is 0.462. The molecule has 0 aliphatic heterocycles. The number of aromatic nitrogens is 1. The van der Waals surface area contributed by atoms with Gasteiger partial charge >= 0.3 is 0 Å². The maximum atomic E-state index is 12.0. The quantitative estimate of drug-likeness (QED) is 0.857. The van der Waals surface area contributed by atoms with Crippen LogP contribution in [-0.2, 0) is 4.79 Å². The maximum absolute atomic E-state index is 12.0. The van der Waals surface area contributed by atoms with E-state index in [-0.39, 0.29) is 11.9 Å². The molecular weight excluding hydrogens is 228 g/mol. The third kappa shape index (κ3) is 3.45. The van der Waals surface area contributed by atoms with E-state index in [9.17, 15) is 4.79 Å². The van der Waals surface area contributed by atoms with Gasteiger partial charge in [0.1, 0.15) is 23.6 Å². The van der Waals surface area contributed by atoms with Crippen molar-refractivity contribution in [1.29, 1.82) is 5.26 Å². The monoisotopic (exact) mass is 246 g/mol. The molecule has 5 nitrogen and oxygen atoms in total. The molecule has 0 aliphatic rings. The van der Waals surface area contributed by atoms with Crippen molar-refractivity contribution >= 4 is 11.7 Å². The zero-order valence-electron chi connectivity index (χ0n) is 11.0. The first kappa shape index (κ1) is 14.0. The Balaban J connectivity index is 2.72. The number of carbonyl (C=O) groups excluding carboxylic acids is 1. The smallest absolute Gasteiger partial charge is 0.244 e. The van der Waals surface area contributed by atoms with Gasteiger partial charge < -0.3 is 10.2 Å². The average molecular weight is 246 g/mol. The highest BCUT2D eigenvalue weighted by Crippen LogP contribution is 2.07. The summed E-state index contributed by atoms with van der Waals surface area (Å²) in [6, 6.07) is 6.72. The molecule has 0 spiro atoms. The summed E-state index contributed by atoms with van der Waals surface area (Å²) in [6.45, 7) is 7.06. The minimum Gasteiger partial charge on any atom is -0.359 e. The largest absolute Gasteiger partial charge is 0.359 e. The third-order valence-electron chi connectivity index (χ3n) is 2.67. The van der Waals surface area contributed by atoms with Crippen LogP contribution in [0.1, 0.15) is 26.5 Å². The number of hydrogen-bond donors (Lipinski definition) is 1. The number of carbonyl (C=O) groups is 1. The van der Waals surface area contributed by atoms with Gasteiger partial charge in [-0.25, -0.2) is 4.98 Å². The van der Waals surface area contributed by atoms with Crippen molar-refractivity contribution < 1.29 is 4.79 Å². The van der Waals surface area contributed by atoms with Crippen LogP contribution in [-0.4, -0.2) is 34.9 Å². The molecule has 1 unspecified atom stereocenters. The minimum absolute atomic E-state index is 0.0316. The minimum atomic E-state index is -0.355. The number of rotatable bonds is 5. The van der Waals surface area contributed by atoms with E-state index in [0.29, 0.717) is 24.6 Å². The Morgan fingerprint density at radius 2 is 2.17 bits per heavy atom. The van der Waals surface area contributed by atoms with E-state index in [1.54, 1.807) is 30.0 Å². The van der Waals surface area contributed by atoms with Gasteiger partial charge in [0.15, 0.2) is 0 Å². The van der Waals surface area contributed by atoms with Gasteiger partial charge in [0.2, 0.25) is 5.91 Å². The normalized spacial score (nSPS) is 11.4. The SMILES string of the molecule is CCN(CC)C(=O)C(C)Nc1cccc(C#N)n1. The highest BCUT2D eigenvalue weighted by Gasteiger charge is 2.18. The molecule has 96 valence electrons. The molecule has 0 aromatic carbocycles. The lowest BCUT2D eigenvalue weighted by molar-refractivity contribution is -0.131. The molecule has 0 saturated heterocycles. The van der Waals surface area contributed by atoms with Gasteiger partial charge in [0, 0.05) is 13.1 Å². The standard InChI is InChI=1S/C13H18N4O/c1-4-17(5-2)13(18)10(3)15-12-8-6-7-11(9-14)16-12/h6-8,10H,4-5H2,1-3H3,(H,15,16). The third-order valence-corrected chi connectivity index (χ3v) is 2.67. The molecule has 0 saturated carbocycles. The number of anilines is 1. The van der Waals surface area contributed by atoms with Crippen molar-refractivity contribution in [3.63, 3.8) is 0 Å². The van der Waals surface area contributed by atoms with Crippen molar-refractivity contribution in [1.82, 2.24) is 9.88 Å². The Kier molecular flexibility index (Phi) is 5.12. The van der Waals surface area contributed by atoms with Gasteiger partial charge in [0.05, 0.1) is 0 Å². The first-order valence-corrected chi connectivity index (χ1v) is 6.04. The van der Waals surface area contributed by atoms with Gasteiger partial charge in [-0.15, -0.1) is 0 Å². The average Bonchev–Trinajstić information content (AvgIpc) is 2.40. The summed E-state index contributed by atoms with van der Waals surface area (Å²) in [5.74, 6) is 0.575. The summed E-state index contributed by atoms with van der Waals surface area (Å²) in [5, 5.41) is 11.8. The van der Waals surface area contributed by atoms with Crippen LogP contribution < -0.4 is 5.32 Å². The second-order valence-corrected chi connectivity index (χ2v) is 3.90. The van der Waals surface area contributed by atoms with Gasteiger partial charge in [-0.1, -0.05) is 6.07 Å². The summed E-state index contributed by atoms with van der Waals surface area (Å²) >= 11 is 0. The summed E-state index contributed by atoms with van der Waals surface area (Å²) in [7, 11) is 0. The lowest BCUT2D eigenvalue weighted by Gasteiger charge is -2.23. The molecule has 0 aliphatic carbocycles. The van der Waals surface area contributed by atoms with E-state index >= 15 is 0 Å². The summed E-state index contributed by atoms with van der Waals surface area (Å²) in [4.78, 5) is 17.9. The Morgan fingerprint density at radius 1 is 1.50 bits per heavy atom. The molecule has 0 radical (unpaired) electrons. The predicted molar refractivity (Wildman–Crippen MR) is 70.0 cm³/mol. The Labute approximate surface area is 107 Å². The molecular formula is C13H18N4O. The van der Waals surface area contributed by atoms with Gasteiger partial charge in [0.25, 0.3) is 0 Å². The van der Waals surface area contributed by atoms with Crippen molar-refractivity contribution in [3.8, 4) is 6.07 Å². The van der Waals surface area contributed by atoms with Crippen molar-refractivity contribution in [2.45, 2.75) is 26.8 Å².